The van der Waals surface area contributed by atoms with Crippen molar-refractivity contribution in [3.05, 3.63) is 64.7 Å². The van der Waals surface area contributed by atoms with Crippen LogP contribution in [0, 0.1) is 12.3 Å². The number of aliphatic hydroxyl groups excluding tert-OH is 2. The van der Waals surface area contributed by atoms with Gasteiger partial charge in [-0.1, -0.05) is 50.1 Å². The van der Waals surface area contributed by atoms with Crippen molar-refractivity contribution in [3.8, 4) is 5.75 Å². The molecule has 0 spiro atoms. The molecule has 2 aromatic rings. The van der Waals surface area contributed by atoms with E-state index in [2.05, 4.69) is 56.3 Å². The summed E-state index contributed by atoms with van der Waals surface area (Å²) in [6, 6.07) is 14.9. The third-order valence-electron chi connectivity index (χ3n) is 7.04. The smallest absolute Gasteiger partial charge is 0.119 e. The number of aryl methyl sites for hydroxylation is 1. The van der Waals surface area contributed by atoms with Crippen LogP contribution in [0.25, 0.3) is 0 Å². The van der Waals surface area contributed by atoms with E-state index in [1.54, 1.807) is 0 Å². The van der Waals surface area contributed by atoms with E-state index in [1.807, 2.05) is 0 Å². The Morgan fingerprint density at radius 2 is 1.81 bits per heavy atom. The number of rotatable bonds is 7. The van der Waals surface area contributed by atoms with Crippen molar-refractivity contribution >= 4 is 0 Å². The zero-order chi connectivity index (χ0) is 21.8. The van der Waals surface area contributed by atoms with Gasteiger partial charge in [0.25, 0.3) is 0 Å². The monoisotopic (exact) mass is 424 g/mol. The molecule has 1 saturated carbocycles. The Bertz CT molecular complexity index is 854. The Kier molecular flexibility index (Phi) is 7.00. The molecular formula is C27H36O4. The van der Waals surface area contributed by atoms with Crippen molar-refractivity contribution in [1.29, 1.82) is 0 Å². The van der Waals surface area contributed by atoms with Crippen LogP contribution in [-0.2, 0) is 11.2 Å². The number of benzene rings is 2. The van der Waals surface area contributed by atoms with Gasteiger partial charge in [0.15, 0.2) is 0 Å². The second kappa shape index (κ2) is 9.72. The molecule has 3 unspecified atom stereocenters. The second-order valence-electron chi connectivity index (χ2n) is 9.87. The van der Waals surface area contributed by atoms with E-state index in [0.717, 1.165) is 24.3 Å². The van der Waals surface area contributed by atoms with Gasteiger partial charge in [-0.3, -0.25) is 0 Å². The normalized spacial score (nSPS) is 25.5. The van der Waals surface area contributed by atoms with E-state index in [1.165, 1.54) is 42.4 Å². The van der Waals surface area contributed by atoms with Crippen LogP contribution in [0.3, 0.4) is 0 Å². The Balaban J connectivity index is 1.41. The minimum absolute atomic E-state index is 0.0557. The Labute approximate surface area is 186 Å². The molecule has 0 aromatic heterocycles. The number of hydrogen-bond acceptors (Lipinski definition) is 4. The number of aliphatic hydroxyl groups is 2. The lowest BCUT2D eigenvalue weighted by molar-refractivity contribution is -0.113. The van der Waals surface area contributed by atoms with Crippen molar-refractivity contribution in [2.75, 3.05) is 13.2 Å². The maximum absolute atomic E-state index is 10.2. The largest absolute Gasteiger partial charge is 0.493 e. The van der Waals surface area contributed by atoms with Crippen LogP contribution < -0.4 is 4.74 Å². The molecule has 4 heteroatoms. The average Bonchev–Trinajstić information content (AvgIpc) is 3.21. The molecule has 2 N–H and O–H groups in total. The van der Waals surface area contributed by atoms with Crippen molar-refractivity contribution in [2.24, 2.45) is 5.41 Å². The zero-order valence-corrected chi connectivity index (χ0v) is 18.8. The molecule has 31 heavy (non-hydrogen) atoms. The summed E-state index contributed by atoms with van der Waals surface area (Å²) in [6.45, 7) is 5.21. The molecule has 4 nitrogen and oxygen atoms in total. The highest BCUT2D eigenvalue weighted by Gasteiger charge is 2.30. The van der Waals surface area contributed by atoms with E-state index < -0.39 is 6.10 Å². The highest BCUT2D eigenvalue weighted by Crippen LogP contribution is 2.38. The van der Waals surface area contributed by atoms with Crippen LogP contribution >= 0.6 is 0 Å². The summed E-state index contributed by atoms with van der Waals surface area (Å²) in [4.78, 5) is 0. The number of ether oxygens (including phenoxy) is 2. The number of hydrogen-bond donors (Lipinski definition) is 2. The molecule has 0 bridgehead atoms. The zero-order valence-electron chi connectivity index (χ0n) is 18.8. The molecule has 2 aliphatic rings. The first-order chi connectivity index (χ1) is 14.9. The molecule has 1 saturated heterocycles. The summed E-state index contributed by atoms with van der Waals surface area (Å²) < 4.78 is 12.1. The van der Waals surface area contributed by atoms with Gasteiger partial charge in [0, 0.05) is 18.3 Å². The minimum Gasteiger partial charge on any atom is -0.493 e. The van der Waals surface area contributed by atoms with Crippen molar-refractivity contribution in [2.45, 2.75) is 77.1 Å². The summed E-state index contributed by atoms with van der Waals surface area (Å²) in [7, 11) is 0. The lowest BCUT2D eigenvalue weighted by Crippen LogP contribution is -2.33. The van der Waals surface area contributed by atoms with E-state index in [4.69, 9.17) is 9.47 Å². The fourth-order valence-electron chi connectivity index (χ4n) is 4.96. The van der Waals surface area contributed by atoms with E-state index >= 15 is 0 Å². The molecule has 1 heterocycles. The maximum Gasteiger partial charge on any atom is 0.119 e. The molecule has 1 aliphatic heterocycles. The molecule has 0 amide bonds. The van der Waals surface area contributed by atoms with Crippen LogP contribution in [0.2, 0.25) is 0 Å². The molecule has 2 fully saturated rings. The van der Waals surface area contributed by atoms with Gasteiger partial charge in [0.05, 0.1) is 31.5 Å². The first-order valence-corrected chi connectivity index (χ1v) is 11.7. The van der Waals surface area contributed by atoms with Crippen LogP contribution in [0.5, 0.6) is 5.75 Å². The lowest BCUT2D eigenvalue weighted by Gasteiger charge is -2.32. The molecule has 2 aromatic carbocycles. The summed E-state index contributed by atoms with van der Waals surface area (Å²) in [6.07, 6.45) is 6.19. The molecular weight excluding hydrogens is 388 g/mol. The third kappa shape index (κ3) is 5.68. The topological polar surface area (TPSA) is 58.9 Å². The quantitative estimate of drug-likeness (QED) is 0.648. The maximum atomic E-state index is 10.2. The highest BCUT2D eigenvalue weighted by atomic mass is 16.5. The van der Waals surface area contributed by atoms with Crippen molar-refractivity contribution in [1.82, 2.24) is 0 Å². The molecule has 168 valence electrons. The molecule has 0 radical (unpaired) electrons. The first kappa shape index (κ1) is 22.3. The molecule has 1 aliphatic carbocycles. The van der Waals surface area contributed by atoms with Gasteiger partial charge in [-0.25, -0.2) is 0 Å². The summed E-state index contributed by atoms with van der Waals surface area (Å²) in [5.74, 6) is 0.946. The average molecular weight is 425 g/mol. The summed E-state index contributed by atoms with van der Waals surface area (Å²) >= 11 is 0. The second-order valence-corrected chi connectivity index (χ2v) is 9.87. The Hall–Kier alpha value is -1.88. The molecule has 4 rings (SSSR count). The van der Waals surface area contributed by atoms with Crippen LogP contribution in [-0.4, -0.2) is 35.6 Å². The van der Waals surface area contributed by atoms with Gasteiger partial charge in [-0.05, 0) is 60.6 Å². The summed E-state index contributed by atoms with van der Waals surface area (Å²) in [5, 5.41) is 19.6. The van der Waals surface area contributed by atoms with E-state index in [-0.39, 0.29) is 18.8 Å². The lowest BCUT2D eigenvalue weighted by atomic mass is 9.90. The summed E-state index contributed by atoms with van der Waals surface area (Å²) in [5.41, 5.74) is 5.15. The third-order valence-corrected chi connectivity index (χ3v) is 7.04. The highest BCUT2D eigenvalue weighted by molar-refractivity contribution is 5.38. The fraction of sp³-hybridized carbons (Fsp3) is 0.556. The van der Waals surface area contributed by atoms with Gasteiger partial charge in [0.2, 0.25) is 0 Å². The van der Waals surface area contributed by atoms with Crippen LogP contribution in [0.1, 0.15) is 73.8 Å². The minimum atomic E-state index is -0.431. The van der Waals surface area contributed by atoms with Gasteiger partial charge < -0.3 is 19.7 Å². The van der Waals surface area contributed by atoms with E-state index in [9.17, 15) is 10.2 Å². The predicted molar refractivity (Wildman–Crippen MR) is 122 cm³/mol. The van der Waals surface area contributed by atoms with Crippen molar-refractivity contribution in [3.63, 3.8) is 0 Å². The van der Waals surface area contributed by atoms with Gasteiger partial charge >= 0.3 is 0 Å². The van der Waals surface area contributed by atoms with Gasteiger partial charge in [-0.2, -0.15) is 0 Å². The fourth-order valence-corrected chi connectivity index (χ4v) is 4.96. The predicted octanol–water partition coefficient (Wildman–Crippen LogP) is 5.12. The first-order valence-electron chi connectivity index (χ1n) is 11.7. The van der Waals surface area contributed by atoms with Crippen LogP contribution in [0.15, 0.2) is 42.5 Å². The standard InChI is InChI=1S/C27H36O4/c1-19-5-8-21(26-16-23(29)15-25(17-28)31-26)14-22(19)13-20-6-9-24(10-7-20)30-18-27(2)11-3-4-12-27/h5-10,14,23,25-26,28-29H,3-4,11-13,15-18H2,1-2H3. The van der Waals surface area contributed by atoms with Crippen LogP contribution in [0.4, 0.5) is 0 Å². The Morgan fingerprint density at radius 1 is 1.06 bits per heavy atom. The van der Waals surface area contributed by atoms with Crippen molar-refractivity contribution < 1.29 is 19.7 Å². The van der Waals surface area contributed by atoms with E-state index in [0.29, 0.717) is 18.3 Å². The van der Waals surface area contributed by atoms with Gasteiger partial charge in [-0.15, -0.1) is 0 Å². The molecule has 3 atom stereocenters. The van der Waals surface area contributed by atoms with Gasteiger partial charge in [0.1, 0.15) is 5.75 Å². The Morgan fingerprint density at radius 3 is 2.52 bits per heavy atom. The SMILES string of the molecule is Cc1ccc(C2CC(O)CC(CO)O2)cc1Cc1ccc(OCC2(C)CCCC2)cc1.